The third-order valence-corrected chi connectivity index (χ3v) is 4.29. The van der Waals surface area contributed by atoms with Gasteiger partial charge in [-0.25, -0.2) is 4.39 Å². The molecular formula is C12H12FN3O2S2. The Kier molecular flexibility index (Phi) is 4.91. The van der Waals surface area contributed by atoms with Crippen molar-refractivity contribution in [3.8, 4) is 0 Å². The number of rotatable bonds is 5. The molecule has 0 aliphatic rings. The van der Waals surface area contributed by atoms with Crippen LogP contribution in [0, 0.1) is 5.82 Å². The standard InChI is InChI=1S/C12H12FN3O2S2/c1-7(10(17)18-2)19-12-16-15-11(20-12)14-9-5-3-4-8(13)6-9/h3-7H,1-2H3,(H,14,15)/t7-/m0/s1. The minimum Gasteiger partial charge on any atom is -0.468 e. The molecule has 2 rings (SSSR count). The lowest BCUT2D eigenvalue weighted by Crippen LogP contribution is -2.14. The molecule has 0 saturated heterocycles. The van der Waals surface area contributed by atoms with E-state index >= 15 is 0 Å². The van der Waals surface area contributed by atoms with Gasteiger partial charge in [-0.2, -0.15) is 0 Å². The number of ether oxygens (including phenoxy) is 1. The zero-order chi connectivity index (χ0) is 14.5. The Morgan fingerprint density at radius 1 is 1.50 bits per heavy atom. The maximum absolute atomic E-state index is 13.0. The summed E-state index contributed by atoms with van der Waals surface area (Å²) >= 11 is 2.56. The van der Waals surface area contributed by atoms with E-state index in [1.54, 1.807) is 19.1 Å². The fourth-order valence-electron chi connectivity index (χ4n) is 1.36. The lowest BCUT2D eigenvalue weighted by atomic mass is 10.3. The normalized spacial score (nSPS) is 11.9. The Bertz CT molecular complexity index is 606. The molecule has 0 aliphatic carbocycles. The van der Waals surface area contributed by atoms with E-state index in [9.17, 15) is 9.18 Å². The highest BCUT2D eigenvalue weighted by Gasteiger charge is 2.17. The zero-order valence-corrected chi connectivity index (χ0v) is 12.4. The number of carbonyl (C=O) groups is 1. The van der Waals surface area contributed by atoms with E-state index in [2.05, 4.69) is 20.3 Å². The molecule has 5 nitrogen and oxygen atoms in total. The van der Waals surface area contributed by atoms with Crippen LogP contribution in [0.2, 0.25) is 0 Å². The van der Waals surface area contributed by atoms with Crippen molar-refractivity contribution >= 4 is 39.9 Å². The first-order valence-electron chi connectivity index (χ1n) is 5.69. The first-order chi connectivity index (χ1) is 9.58. The fraction of sp³-hybridized carbons (Fsp3) is 0.250. The Morgan fingerprint density at radius 2 is 2.30 bits per heavy atom. The predicted octanol–water partition coefficient (Wildman–Crippen LogP) is 3.07. The van der Waals surface area contributed by atoms with Gasteiger partial charge < -0.3 is 10.1 Å². The third kappa shape index (κ3) is 3.91. The summed E-state index contributed by atoms with van der Waals surface area (Å²) < 4.78 is 18.3. The molecule has 0 radical (unpaired) electrons. The van der Waals surface area contributed by atoms with Gasteiger partial charge in [-0.15, -0.1) is 10.2 Å². The molecule has 1 atom stereocenters. The van der Waals surface area contributed by atoms with E-state index < -0.39 is 0 Å². The first-order valence-corrected chi connectivity index (χ1v) is 7.38. The van der Waals surface area contributed by atoms with Gasteiger partial charge in [-0.05, 0) is 25.1 Å². The average molecular weight is 313 g/mol. The number of anilines is 2. The summed E-state index contributed by atoms with van der Waals surface area (Å²) in [7, 11) is 1.34. The lowest BCUT2D eigenvalue weighted by Gasteiger charge is -2.04. The predicted molar refractivity (Wildman–Crippen MR) is 76.9 cm³/mol. The van der Waals surface area contributed by atoms with Crippen LogP contribution in [0.1, 0.15) is 6.92 Å². The van der Waals surface area contributed by atoms with Gasteiger partial charge in [0.1, 0.15) is 11.1 Å². The number of nitrogens with zero attached hydrogens (tertiary/aromatic N) is 2. The largest absolute Gasteiger partial charge is 0.468 e. The van der Waals surface area contributed by atoms with Crippen molar-refractivity contribution in [2.75, 3.05) is 12.4 Å². The van der Waals surface area contributed by atoms with Crippen LogP contribution in [0.3, 0.4) is 0 Å². The number of hydrogen-bond acceptors (Lipinski definition) is 7. The maximum Gasteiger partial charge on any atom is 0.318 e. The smallest absolute Gasteiger partial charge is 0.318 e. The summed E-state index contributed by atoms with van der Waals surface area (Å²) in [4.78, 5) is 11.3. The number of thioether (sulfide) groups is 1. The van der Waals surface area contributed by atoms with Crippen molar-refractivity contribution in [1.82, 2.24) is 10.2 Å². The Hall–Kier alpha value is -1.67. The molecule has 0 aliphatic heterocycles. The summed E-state index contributed by atoms with van der Waals surface area (Å²) in [6.45, 7) is 1.73. The van der Waals surface area contributed by atoms with Crippen LogP contribution in [-0.2, 0) is 9.53 Å². The van der Waals surface area contributed by atoms with Gasteiger partial charge in [-0.3, -0.25) is 4.79 Å². The van der Waals surface area contributed by atoms with Crippen LogP contribution < -0.4 is 5.32 Å². The molecular weight excluding hydrogens is 301 g/mol. The SMILES string of the molecule is COC(=O)[C@H](C)Sc1nnc(Nc2cccc(F)c2)s1. The van der Waals surface area contributed by atoms with Crippen LogP contribution >= 0.6 is 23.1 Å². The fourth-order valence-corrected chi connectivity index (χ4v) is 3.31. The second kappa shape index (κ2) is 6.67. The van der Waals surface area contributed by atoms with Gasteiger partial charge in [0.2, 0.25) is 5.13 Å². The quantitative estimate of drug-likeness (QED) is 0.676. The Balaban J connectivity index is 2.00. The topological polar surface area (TPSA) is 64.1 Å². The highest BCUT2D eigenvalue weighted by molar-refractivity contribution is 8.02. The number of benzene rings is 1. The molecule has 106 valence electrons. The van der Waals surface area contributed by atoms with Gasteiger partial charge >= 0.3 is 5.97 Å². The molecule has 0 spiro atoms. The van der Waals surface area contributed by atoms with Crippen molar-refractivity contribution < 1.29 is 13.9 Å². The van der Waals surface area contributed by atoms with Gasteiger partial charge in [-0.1, -0.05) is 29.2 Å². The molecule has 1 aromatic carbocycles. The zero-order valence-electron chi connectivity index (χ0n) is 10.8. The monoisotopic (exact) mass is 313 g/mol. The molecule has 0 amide bonds. The Labute approximate surface area is 123 Å². The highest BCUT2D eigenvalue weighted by Crippen LogP contribution is 2.30. The van der Waals surface area contributed by atoms with Crippen molar-refractivity contribution in [2.45, 2.75) is 16.5 Å². The van der Waals surface area contributed by atoms with Gasteiger partial charge in [0.15, 0.2) is 4.34 Å². The van der Waals surface area contributed by atoms with Crippen molar-refractivity contribution in [3.63, 3.8) is 0 Å². The molecule has 2 aromatic rings. The third-order valence-electron chi connectivity index (χ3n) is 2.29. The van der Waals surface area contributed by atoms with Crippen LogP contribution in [0.4, 0.5) is 15.2 Å². The van der Waals surface area contributed by atoms with Crippen molar-refractivity contribution in [3.05, 3.63) is 30.1 Å². The summed E-state index contributed by atoms with van der Waals surface area (Å²) in [5.74, 6) is -0.640. The molecule has 20 heavy (non-hydrogen) atoms. The number of carbonyl (C=O) groups excluding carboxylic acids is 1. The highest BCUT2D eigenvalue weighted by atomic mass is 32.2. The number of halogens is 1. The summed E-state index contributed by atoms with van der Waals surface area (Å²) in [5, 5.41) is 11.0. The van der Waals surface area contributed by atoms with E-state index in [4.69, 9.17) is 0 Å². The molecule has 0 bridgehead atoms. The van der Waals surface area contributed by atoms with Crippen LogP contribution in [0.25, 0.3) is 0 Å². The number of esters is 1. The van der Waals surface area contributed by atoms with Crippen LogP contribution in [0.5, 0.6) is 0 Å². The second-order valence-electron chi connectivity index (χ2n) is 3.79. The summed E-state index contributed by atoms with van der Waals surface area (Å²) in [6.07, 6.45) is 0. The number of nitrogens with one attached hydrogen (secondary N) is 1. The molecule has 0 unspecified atom stereocenters. The number of methoxy groups -OCH3 is 1. The van der Waals surface area contributed by atoms with Crippen LogP contribution in [0.15, 0.2) is 28.6 Å². The van der Waals surface area contributed by atoms with E-state index in [1.807, 2.05) is 0 Å². The van der Waals surface area contributed by atoms with Crippen molar-refractivity contribution in [2.24, 2.45) is 0 Å². The maximum atomic E-state index is 13.0. The molecule has 0 fully saturated rings. The molecule has 0 saturated carbocycles. The summed E-state index contributed by atoms with van der Waals surface area (Å²) in [5.41, 5.74) is 0.596. The van der Waals surface area contributed by atoms with E-state index in [-0.39, 0.29) is 17.0 Å². The Morgan fingerprint density at radius 3 is 3.00 bits per heavy atom. The molecule has 1 N–H and O–H groups in total. The van der Waals surface area contributed by atoms with Gasteiger partial charge in [0, 0.05) is 5.69 Å². The first kappa shape index (κ1) is 14.7. The van der Waals surface area contributed by atoms with Crippen LogP contribution in [-0.4, -0.2) is 28.5 Å². The number of hydrogen-bond donors (Lipinski definition) is 1. The minimum atomic E-state index is -0.352. The van der Waals surface area contributed by atoms with E-state index in [1.165, 1.54) is 42.3 Å². The minimum absolute atomic E-state index is 0.315. The number of aromatic nitrogens is 2. The average Bonchev–Trinajstić information content (AvgIpc) is 2.85. The van der Waals surface area contributed by atoms with E-state index in [0.29, 0.717) is 15.2 Å². The molecule has 1 heterocycles. The van der Waals surface area contributed by atoms with Gasteiger partial charge in [0.25, 0.3) is 0 Å². The van der Waals surface area contributed by atoms with Crippen molar-refractivity contribution in [1.29, 1.82) is 0 Å². The molecule has 8 heteroatoms. The summed E-state index contributed by atoms with van der Waals surface area (Å²) in [6, 6.07) is 6.07. The van der Waals surface area contributed by atoms with Gasteiger partial charge in [0.05, 0.1) is 7.11 Å². The van der Waals surface area contributed by atoms with E-state index in [0.717, 1.165) is 0 Å². The second-order valence-corrected chi connectivity index (χ2v) is 6.36. The molecule has 1 aromatic heterocycles. The lowest BCUT2D eigenvalue weighted by molar-refractivity contribution is -0.139.